The standard InChI is InChI=1S/C24H35BrF2N8O5S/c1-22(2,3)39-20(37)31-17-15(30-19(25)41-17)16(36)29-14-11-28-34(7)18(14)35-9-8-13(10-24(26,27)12-35)32-33-21(38)40-23(4,5)6/h11,13,32H,8-10,12H2,1-7H3,(H,29,36)(H,31,37)(H,33,38). The highest BCUT2D eigenvalue weighted by atomic mass is 79.9. The van der Waals surface area contributed by atoms with E-state index in [2.05, 4.69) is 47.5 Å². The van der Waals surface area contributed by atoms with Crippen molar-refractivity contribution in [1.29, 1.82) is 0 Å². The number of nitrogens with one attached hydrogen (secondary N) is 4. The minimum atomic E-state index is -3.14. The van der Waals surface area contributed by atoms with Gasteiger partial charge in [0.05, 0.1) is 12.7 Å². The molecule has 4 N–H and O–H groups in total. The Kier molecular flexibility index (Phi) is 9.85. The molecular weight excluding hydrogens is 630 g/mol. The van der Waals surface area contributed by atoms with Crippen LogP contribution in [0.25, 0.3) is 0 Å². The Balaban J connectivity index is 1.74. The first-order valence-electron chi connectivity index (χ1n) is 12.7. The quantitative estimate of drug-likeness (QED) is 0.317. The number of carbonyl (C=O) groups is 3. The first kappa shape index (κ1) is 32.5. The van der Waals surface area contributed by atoms with Crippen LogP contribution in [0.1, 0.15) is 64.9 Å². The van der Waals surface area contributed by atoms with Crippen LogP contribution < -0.4 is 26.4 Å². The number of hydrogen-bond acceptors (Lipinski definition) is 10. The number of aryl methyl sites for hydroxylation is 1. The second-order valence-electron chi connectivity index (χ2n) is 11.5. The van der Waals surface area contributed by atoms with Crippen molar-refractivity contribution in [2.75, 3.05) is 28.6 Å². The van der Waals surface area contributed by atoms with E-state index in [1.807, 2.05) is 0 Å². The molecule has 1 saturated heterocycles. The lowest BCUT2D eigenvalue weighted by Crippen LogP contribution is -2.48. The Morgan fingerprint density at radius 3 is 2.37 bits per heavy atom. The van der Waals surface area contributed by atoms with Crippen LogP contribution in [0.15, 0.2) is 10.1 Å². The SMILES string of the molecule is Cn1ncc(NC(=O)c2nc(Br)sc2NC(=O)OC(C)(C)C)c1N1CCC(NNC(=O)OC(C)(C)C)CC(F)(F)C1. The van der Waals surface area contributed by atoms with E-state index in [1.165, 1.54) is 15.8 Å². The van der Waals surface area contributed by atoms with Gasteiger partial charge in [-0.2, -0.15) is 5.10 Å². The van der Waals surface area contributed by atoms with Crippen molar-refractivity contribution < 1.29 is 32.6 Å². The lowest BCUT2D eigenvalue weighted by Gasteiger charge is -2.27. The number of anilines is 3. The molecule has 0 aliphatic carbocycles. The second-order valence-corrected chi connectivity index (χ2v) is 13.7. The summed E-state index contributed by atoms with van der Waals surface area (Å²) in [5.41, 5.74) is 3.57. The monoisotopic (exact) mass is 664 g/mol. The zero-order valence-corrected chi connectivity index (χ0v) is 26.3. The molecule has 2 aromatic rings. The van der Waals surface area contributed by atoms with Crippen molar-refractivity contribution >= 4 is 61.9 Å². The van der Waals surface area contributed by atoms with Crippen LogP contribution in [-0.2, 0) is 16.5 Å². The molecule has 1 fully saturated rings. The first-order valence-corrected chi connectivity index (χ1v) is 14.3. The fraction of sp³-hybridized carbons (Fsp3) is 0.625. The Morgan fingerprint density at radius 2 is 1.73 bits per heavy atom. The van der Waals surface area contributed by atoms with E-state index in [9.17, 15) is 14.4 Å². The number of amides is 3. The van der Waals surface area contributed by atoms with E-state index >= 15 is 8.78 Å². The highest BCUT2D eigenvalue weighted by Crippen LogP contribution is 2.34. The van der Waals surface area contributed by atoms with E-state index in [1.54, 1.807) is 48.6 Å². The maximum absolute atomic E-state index is 15.0. The number of rotatable bonds is 6. The van der Waals surface area contributed by atoms with Gasteiger partial charge < -0.3 is 19.7 Å². The molecule has 41 heavy (non-hydrogen) atoms. The van der Waals surface area contributed by atoms with Gasteiger partial charge in [0.1, 0.15) is 21.9 Å². The van der Waals surface area contributed by atoms with Crippen LogP contribution in [-0.4, -0.2) is 69.1 Å². The smallest absolute Gasteiger partial charge is 0.422 e. The average Bonchev–Trinajstić information content (AvgIpc) is 3.28. The van der Waals surface area contributed by atoms with Crippen LogP contribution in [0.5, 0.6) is 0 Å². The summed E-state index contributed by atoms with van der Waals surface area (Å²) in [5, 5.41) is 9.49. The van der Waals surface area contributed by atoms with Gasteiger partial charge >= 0.3 is 12.2 Å². The lowest BCUT2D eigenvalue weighted by atomic mass is 10.1. The Morgan fingerprint density at radius 1 is 1.10 bits per heavy atom. The normalized spacial score (nSPS) is 17.4. The average molecular weight is 666 g/mol. The maximum atomic E-state index is 15.0. The van der Waals surface area contributed by atoms with Crippen LogP contribution >= 0.6 is 27.3 Å². The highest BCUT2D eigenvalue weighted by Gasteiger charge is 2.40. The predicted octanol–water partition coefficient (Wildman–Crippen LogP) is 4.87. The largest absolute Gasteiger partial charge is 0.444 e. The number of hydrazine groups is 1. The topological polar surface area (TPSA) is 152 Å². The number of alkyl halides is 2. The summed E-state index contributed by atoms with van der Waals surface area (Å²) in [7, 11) is 1.57. The number of hydrogen-bond donors (Lipinski definition) is 4. The van der Waals surface area contributed by atoms with E-state index in [-0.39, 0.29) is 35.2 Å². The van der Waals surface area contributed by atoms with Gasteiger partial charge in [0.2, 0.25) is 0 Å². The molecule has 2 aromatic heterocycles. The molecule has 1 aliphatic rings. The summed E-state index contributed by atoms with van der Waals surface area (Å²) in [5.74, 6) is -3.57. The molecule has 3 rings (SSSR count). The van der Waals surface area contributed by atoms with Crippen LogP contribution in [0.2, 0.25) is 0 Å². The summed E-state index contributed by atoms with van der Waals surface area (Å²) >= 11 is 4.23. The number of carbonyl (C=O) groups excluding carboxylic acids is 3. The van der Waals surface area contributed by atoms with E-state index in [4.69, 9.17) is 9.47 Å². The van der Waals surface area contributed by atoms with Gasteiger partial charge in [0.25, 0.3) is 11.8 Å². The number of ether oxygens (including phenoxy) is 2. The molecular formula is C24H35BrF2N8O5S. The summed E-state index contributed by atoms with van der Waals surface area (Å²) in [6.45, 7) is 9.71. The molecule has 13 nitrogen and oxygen atoms in total. The molecule has 0 bridgehead atoms. The van der Waals surface area contributed by atoms with Gasteiger partial charge in [0.15, 0.2) is 15.4 Å². The fourth-order valence-corrected chi connectivity index (χ4v) is 5.31. The van der Waals surface area contributed by atoms with E-state index < -0.39 is 54.2 Å². The predicted molar refractivity (Wildman–Crippen MR) is 154 cm³/mol. The van der Waals surface area contributed by atoms with Gasteiger partial charge in [-0.25, -0.2) is 28.8 Å². The molecule has 1 aliphatic heterocycles. The molecule has 0 spiro atoms. The second kappa shape index (κ2) is 12.4. The Hall–Kier alpha value is -3.05. The third-order valence-electron chi connectivity index (χ3n) is 5.38. The molecule has 1 atom stereocenters. The van der Waals surface area contributed by atoms with E-state index in [0.717, 1.165) is 11.3 Å². The van der Waals surface area contributed by atoms with Crippen molar-refractivity contribution in [2.24, 2.45) is 7.05 Å². The highest BCUT2D eigenvalue weighted by molar-refractivity contribution is 9.11. The van der Waals surface area contributed by atoms with Crippen LogP contribution in [0.3, 0.4) is 0 Å². The van der Waals surface area contributed by atoms with Crippen molar-refractivity contribution in [3.05, 3.63) is 15.8 Å². The fourth-order valence-electron chi connectivity index (χ4n) is 3.97. The number of aromatic nitrogens is 3. The van der Waals surface area contributed by atoms with Crippen molar-refractivity contribution in [3.63, 3.8) is 0 Å². The van der Waals surface area contributed by atoms with Crippen LogP contribution in [0.4, 0.5) is 34.9 Å². The van der Waals surface area contributed by atoms with Crippen molar-refractivity contribution in [3.8, 4) is 0 Å². The molecule has 3 heterocycles. The molecule has 17 heteroatoms. The molecule has 3 amide bonds. The first-order chi connectivity index (χ1) is 18.8. The van der Waals surface area contributed by atoms with Crippen molar-refractivity contribution in [1.82, 2.24) is 25.6 Å². The molecule has 0 radical (unpaired) electrons. The summed E-state index contributed by atoms with van der Waals surface area (Å²) < 4.78 is 42.2. The summed E-state index contributed by atoms with van der Waals surface area (Å²) in [6, 6.07) is -0.748. The molecule has 0 aromatic carbocycles. The number of halogens is 3. The van der Waals surface area contributed by atoms with Gasteiger partial charge in [0, 0.05) is 26.1 Å². The summed E-state index contributed by atoms with van der Waals surface area (Å²) in [6.07, 6.45) is -0.481. The minimum absolute atomic E-state index is 0.0961. The third-order valence-corrected chi connectivity index (χ3v) is 6.80. The zero-order valence-electron chi connectivity index (χ0n) is 23.9. The number of nitrogens with zero attached hydrogens (tertiary/aromatic N) is 4. The van der Waals surface area contributed by atoms with Gasteiger partial charge in [-0.1, -0.05) is 11.3 Å². The molecule has 1 unspecified atom stereocenters. The van der Waals surface area contributed by atoms with Gasteiger partial charge in [-0.3, -0.25) is 20.2 Å². The molecule has 0 saturated carbocycles. The van der Waals surface area contributed by atoms with Crippen LogP contribution in [0, 0.1) is 0 Å². The summed E-state index contributed by atoms with van der Waals surface area (Å²) in [4.78, 5) is 43.0. The third kappa shape index (κ3) is 9.78. The lowest BCUT2D eigenvalue weighted by molar-refractivity contribution is -0.00616. The minimum Gasteiger partial charge on any atom is -0.444 e. The zero-order chi connectivity index (χ0) is 30.8. The van der Waals surface area contributed by atoms with E-state index in [0.29, 0.717) is 3.92 Å². The Labute approximate surface area is 248 Å². The van der Waals surface area contributed by atoms with Gasteiger partial charge in [-0.05, 0) is 63.9 Å². The Bertz CT molecular complexity index is 1270. The van der Waals surface area contributed by atoms with Crippen molar-refractivity contribution in [2.45, 2.75) is 77.6 Å². The maximum Gasteiger partial charge on any atom is 0.422 e. The number of thiazole rings is 1. The molecule has 228 valence electrons. The van der Waals surface area contributed by atoms with Gasteiger partial charge in [-0.15, -0.1) is 0 Å².